The quantitative estimate of drug-likeness (QED) is 0.853. The number of aryl methyl sites for hydroxylation is 1. The molecule has 1 unspecified atom stereocenters. The van der Waals surface area contributed by atoms with E-state index in [1.807, 2.05) is 0 Å². The van der Waals surface area contributed by atoms with Crippen molar-refractivity contribution in [2.24, 2.45) is 0 Å². The van der Waals surface area contributed by atoms with Gasteiger partial charge >= 0.3 is 0 Å². The molecule has 1 aliphatic heterocycles. The molecule has 1 aliphatic carbocycles. The Morgan fingerprint density at radius 3 is 3.00 bits per heavy atom. The lowest BCUT2D eigenvalue weighted by Gasteiger charge is -2.14. The van der Waals surface area contributed by atoms with Crippen molar-refractivity contribution in [3.05, 3.63) is 11.9 Å². The van der Waals surface area contributed by atoms with E-state index in [0.717, 1.165) is 11.6 Å². The second-order valence-corrected chi connectivity index (χ2v) is 5.70. The first-order valence-corrected chi connectivity index (χ1v) is 6.88. The standard InChI is InChI=1S/C11H17N3S/c1-8-6-14(10-4-5-15-7-10)11(12-8)13-9-2-3-9/h6,9-10H,2-5,7H2,1H3,(H,12,13). The normalized spacial score (nSPS) is 25.8. The summed E-state index contributed by atoms with van der Waals surface area (Å²) >= 11 is 2.05. The van der Waals surface area contributed by atoms with Crippen LogP contribution >= 0.6 is 11.8 Å². The van der Waals surface area contributed by atoms with Gasteiger partial charge in [0, 0.05) is 24.0 Å². The Balaban J connectivity index is 1.83. The van der Waals surface area contributed by atoms with Gasteiger partial charge in [0.05, 0.1) is 5.69 Å². The molecular weight excluding hydrogens is 206 g/mol. The van der Waals surface area contributed by atoms with Crippen molar-refractivity contribution >= 4 is 17.7 Å². The fourth-order valence-corrected chi connectivity index (χ4v) is 3.26. The van der Waals surface area contributed by atoms with Gasteiger partial charge in [0.15, 0.2) is 0 Å². The van der Waals surface area contributed by atoms with Crippen LogP contribution in [0.2, 0.25) is 0 Å². The van der Waals surface area contributed by atoms with E-state index in [9.17, 15) is 0 Å². The smallest absolute Gasteiger partial charge is 0.203 e. The van der Waals surface area contributed by atoms with E-state index in [1.165, 1.54) is 30.8 Å². The molecule has 0 spiro atoms. The lowest BCUT2D eigenvalue weighted by Crippen LogP contribution is -2.13. The maximum absolute atomic E-state index is 4.58. The molecule has 2 fully saturated rings. The van der Waals surface area contributed by atoms with E-state index in [-0.39, 0.29) is 0 Å². The second-order valence-electron chi connectivity index (χ2n) is 4.55. The van der Waals surface area contributed by atoms with Gasteiger partial charge in [-0.25, -0.2) is 4.98 Å². The van der Waals surface area contributed by atoms with Crippen molar-refractivity contribution in [1.29, 1.82) is 0 Å². The van der Waals surface area contributed by atoms with Crippen molar-refractivity contribution in [2.45, 2.75) is 38.3 Å². The number of anilines is 1. The highest BCUT2D eigenvalue weighted by Crippen LogP contribution is 2.32. The highest BCUT2D eigenvalue weighted by molar-refractivity contribution is 7.99. The summed E-state index contributed by atoms with van der Waals surface area (Å²) < 4.78 is 2.35. The number of imidazole rings is 1. The van der Waals surface area contributed by atoms with Gasteiger partial charge in [0.2, 0.25) is 5.95 Å². The number of nitrogens with zero attached hydrogens (tertiary/aromatic N) is 2. The van der Waals surface area contributed by atoms with Crippen molar-refractivity contribution in [1.82, 2.24) is 9.55 Å². The van der Waals surface area contributed by atoms with Gasteiger partial charge in [-0.1, -0.05) is 0 Å². The third-order valence-electron chi connectivity index (χ3n) is 3.06. The molecular formula is C11H17N3S. The van der Waals surface area contributed by atoms with Crippen LogP contribution in [-0.2, 0) is 0 Å². The fourth-order valence-electron chi connectivity index (χ4n) is 2.05. The zero-order valence-corrected chi connectivity index (χ0v) is 9.89. The molecule has 1 saturated heterocycles. The molecule has 1 saturated carbocycles. The maximum atomic E-state index is 4.58. The molecule has 4 heteroatoms. The summed E-state index contributed by atoms with van der Waals surface area (Å²) in [5.74, 6) is 3.64. The minimum Gasteiger partial charge on any atom is -0.353 e. The third kappa shape index (κ3) is 2.00. The molecule has 1 aromatic heterocycles. The average Bonchev–Trinajstić information content (AvgIpc) is 2.75. The number of rotatable bonds is 3. The lowest BCUT2D eigenvalue weighted by atomic mass is 10.2. The number of thioether (sulfide) groups is 1. The largest absolute Gasteiger partial charge is 0.353 e. The Bertz CT molecular complexity index is 351. The van der Waals surface area contributed by atoms with Crippen LogP contribution in [0.15, 0.2) is 6.20 Å². The van der Waals surface area contributed by atoms with Crippen LogP contribution in [0.25, 0.3) is 0 Å². The molecule has 2 heterocycles. The zero-order chi connectivity index (χ0) is 10.3. The number of hydrogen-bond donors (Lipinski definition) is 1. The maximum Gasteiger partial charge on any atom is 0.203 e. The summed E-state index contributed by atoms with van der Waals surface area (Å²) in [6.45, 7) is 2.08. The molecule has 2 aliphatic rings. The van der Waals surface area contributed by atoms with Crippen LogP contribution in [-0.4, -0.2) is 27.1 Å². The number of nitrogens with one attached hydrogen (secondary N) is 1. The second kappa shape index (κ2) is 3.74. The first-order chi connectivity index (χ1) is 7.33. The van der Waals surface area contributed by atoms with Crippen LogP contribution in [0, 0.1) is 6.92 Å². The van der Waals surface area contributed by atoms with Gasteiger partial charge in [-0.3, -0.25) is 0 Å². The molecule has 1 aromatic rings. The van der Waals surface area contributed by atoms with E-state index >= 15 is 0 Å². The Hall–Kier alpha value is -0.640. The van der Waals surface area contributed by atoms with Crippen LogP contribution in [0.1, 0.15) is 31.0 Å². The van der Waals surface area contributed by atoms with Crippen LogP contribution in [0.5, 0.6) is 0 Å². The lowest BCUT2D eigenvalue weighted by molar-refractivity contribution is 0.564. The van der Waals surface area contributed by atoms with Gasteiger partial charge < -0.3 is 9.88 Å². The predicted octanol–water partition coefficient (Wildman–Crippen LogP) is 2.44. The molecule has 1 N–H and O–H groups in total. The molecule has 0 aromatic carbocycles. The van der Waals surface area contributed by atoms with E-state index in [0.29, 0.717) is 12.1 Å². The number of aromatic nitrogens is 2. The van der Waals surface area contributed by atoms with E-state index in [4.69, 9.17) is 0 Å². The van der Waals surface area contributed by atoms with Gasteiger partial charge in [0.1, 0.15) is 0 Å². The van der Waals surface area contributed by atoms with Gasteiger partial charge in [-0.15, -0.1) is 0 Å². The highest BCUT2D eigenvalue weighted by Gasteiger charge is 2.26. The van der Waals surface area contributed by atoms with Crippen LogP contribution in [0.4, 0.5) is 5.95 Å². The number of hydrogen-bond acceptors (Lipinski definition) is 3. The van der Waals surface area contributed by atoms with Gasteiger partial charge in [-0.05, 0) is 31.9 Å². The molecule has 3 rings (SSSR count). The zero-order valence-electron chi connectivity index (χ0n) is 9.07. The Kier molecular flexibility index (Phi) is 2.39. The van der Waals surface area contributed by atoms with Crippen molar-refractivity contribution in [2.75, 3.05) is 16.8 Å². The average molecular weight is 223 g/mol. The fraction of sp³-hybridized carbons (Fsp3) is 0.727. The molecule has 3 nitrogen and oxygen atoms in total. The molecule has 15 heavy (non-hydrogen) atoms. The highest BCUT2D eigenvalue weighted by atomic mass is 32.2. The molecule has 0 bridgehead atoms. The minimum absolute atomic E-state index is 0.664. The summed E-state index contributed by atoms with van der Waals surface area (Å²) in [7, 11) is 0. The van der Waals surface area contributed by atoms with Crippen LogP contribution in [0.3, 0.4) is 0 Å². The summed E-state index contributed by atoms with van der Waals surface area (Å²) in [6, 6.07) is 1.36. The third-order valence-corrected chi connectivity index (χ3v) is 4.21. The van der Waals surface area contributed by atoms with E-state index < -0.39 is 0 Å². The summed E-state index contributed by atoms with van der Waals surface area (Å²) in [5, 5.41) is 3.52. The van der Waals surface area contributed by atoms with Crippen molar-refractivity contribution < 1.29 is 0 Å². The first-order valence-electron chi connectivity index (χ1n) is 5.72. The molecule has 1 atom stereocenters. The topological polar surface area (TPSA) is 29.9 Å². The predicted molar refractivity (Wildman–Crippen MR) is 64.6 cm³/mol. The van der Waals surface area contributed by atoms with E-state index in [1.54, 1.807) is 0 Å². The SMILES string of the molecule is Cc1cn(C2CCSC2)c(NC2CC2)n1. The Morgan fingerprint density at radius 1 is 1.47 bits per heavy atom. The summed E-state index contributed by atoms with van der Waals surface area (Å²) in [5.41, 5.74) is 1.13. The van der Waals surface area contributed by atoms with Gasteiger partial charge in [0.25, 0.3) is 0 Å². The van der Waals surface area contributed by atoms with Gasteiger partial charge in [-0.2, -0.15) is 11.8 Å². The van der Waals surface area contributed by atoms with Crippen molar-refractivity contribution in [3.8, 4) is 0 Å². The summed E-state index contributed by atoms with van der Waals surface area (Å²) in [4.78, 5) is 4.58. The Morgan fingerprint density at radius 2 is 2.33 bits per heavy atom. The Labute approximate surface area is 94.7 Å². The molecule has 0 radical (unpaired) electrons. The van der Waals surface area contributed by atoms with Crippen molar-refractivity contribution in [3.63, 3.8) is 0 Å². The van der Waals surface area contributed by atoms with E-state index in [2.05, 4.69) is 39.8 Å². The molecule has 82 valence electrons. The first kappa shape index (κ1) is 9.58. The molecule has 0 amide bonds. The summed E-state index contributed by atoms with van der Waals surface area (Å²) in [6.07, 6.45) is 6.11. The van der Waals surface area contributed by atoms with Crippen LogP contribution < -0.4 is 5.32 Å². The monoisotopic (exact) mass is 223 g/mol. The minimum atomic E-state index is 0.664.